The number of aliphatic hydroxyl groups excluding tert-OH is 2. The first-order valence-electron chi connectivity index (χ1n) is 27.0. The SMILES string of the molecule is CCC(C)(C)C(C)OC.CCC(C)(CC(C)(C)C(=O)OCc1c2ccccc2cc2ccccc12)C(=O)OCO.CCC(C)(CC(C)(CC(C)(C)C(=O)OCc1c2ccccc2cc2ccccc12)C(=O)OCO)C(=O)OC. The van der Waals surface area contributed by atoms with Gasteiger partial charge >= 0.3 is 29.8 Å². The Hall–Kier alpha value is -6.41. The van der Waals surface area contributed by atoms with E-state index in [4.69, 9.17) is 33.5 Å². The van der Waals surface area contributed by atoms with Crippen molar-refractivity contribution in [3.63, 3.8) is 0 Å². The van der Waals surface area contributed by atoms with E-state index in [1.165, 1.54) is 13.5 Å². The molecule has 13 nitrogen and oxygen atoms in total. The van der Waals surface area contributed by atoms with Crippen molar-refractivity contribution in [3.8, 4) is 0 Å². The van der Waals surface area contributed by atoms with Gasteiger partial charge in [-0.2, -0.15) is 0 Å². The highest BCUT2D eigenvalue weighted by atomic mass is 16.6. The van der Waals surface area contributed by atoms with Gasteiger partial charge in [0.15, 0.2) is 13.6 Å². The molecular formula is C65H86O13. The van der Waals surface area contributed by atoms with Crippen molar-refractivity contribution in [3.05, 3.63) is 120 Å². The minimum atomic E-state index is -1.27. The minimum Gasteiger partial charge on any atom is -0.469 e. The van der Waals surface area contributed by atoms with Crippen LogP contribution >= 0.6 is 0 Å². The highest BCUT2D eigenvalue weighted by molar-refractivity contribution is 6.03. The molecule has 424 valence electrons. The van der Waals surface area contributed by atoms with Gasteiger partial charge in [0.1, 0.15) is 13.2 Å². The number of rotatable bonds is 22. The summed E-state index contributed by atoms with van der Waals surface area (Å²) in [5.41, 5.74) is -2.94. The molecule has 0 aliphatic carbocycles. The van der Waals surface area contributed by atoms with E-state index < -0.39 is 64.5 Å². The second-order valence-corrected chi connectivity index (χ2v) is 23.3. The summed E-state index contributed by atoms with van der Waals surface area (Å²) in [5, 5.41) is 26.6. The van der Waals surface area contributed by atoms with E-state index in [9.17, 15) is 29.1 Å². The van der Waals surface area contributed by atoms with Crippen LogP contribution in [0, 0.1) is 32.5 Å². The van der Waals surface area contributed by atoms with Gasteiger partial charge in [-0.3, -0.25) is 24.0 Å². The standard InChI is InChI=1S/C31H38O7.C26H30O5.C8H18O/c1-7-30(4,27(34)36-6)19-31(5,28(35)38-20-32)18-29(2,3)26(33)37-17-25-23-14-10-8-12-21(23)16-22-13-9-11-15-24(22)25;1-5-26(4,24(29)31-17-27)16-25(2,3)23(28)30-15-22-20-12-8-6-10-18(20)14-19-11-7-9-13-21(19)22;1-6-8(3,4)7(2)9-5/h8-16,32H,7,17-20H2,1-6H3;6-14,27H,5,15-17H2,1-4H3;7H,6H2,1-5H3. The van der Waals surface area contributed by atoms with Crippen LogP contribution in [-0.2, 0) is 65.6 Å². The topological polar surface area (TPSA) is 181 Å². The summed E-state index contributed by atoms with van der Waals surface area (Å²) in [7, 11) is 3.07. The first kappa shape index (κ1) is 64.1. The third-order valence-electron chi connectivity index (χ3n) is 16.0. The van der Waals surface area contributed by atoms with E-state index >= 15 is 0 Å². The Labute approximate surface area is 462 Å². The highest BCUT2D eigenvalue weighted by Crippen LogP contribution is 2.46. The monoisotopic (exact) mass is 1070 g/mol. The van der Waals surface area contributed by atoms with Crippen molar-refractivity contribution >= 4 is 72.9 Å². The van der Waals surface area contributed by atoms with Crippen molar-refractivity contribution in [1.82, 2.24) is 0 Å². The van der Waals surface area contributed by atoms with Gasteiger partial charge in [-0.25, -0.2) is 0 Å². The van der Waals surface area contributed by atoms with E-state index in [1.54, 1.807) is 55.6 Å². The first-order chi connectivity index (χ1) is 36.7. The Kier molecular flexibility index (Phi) is 22.6. The fraction of sp³-hybridized carbons (Fsp3) is 0.492. The number of benzene rings is 6. The average molecular weight is 1080 g/mol. The smallest absolute Gasteiger partial charge is 0.313 e. The van der Waals surface area contributed by atoms with Crippen LogP contribution in [-0.4, -0.2) is 74.0 Å². The quantitative estimate of drug-likeness (QED) is 0.0284. The van der Waals surface area contributed by atoms with Crippen molar-refractivity contribution in [2.45, 2.75) is 148 Å². The van der Waals surface area contributed by atoms with Crippen molar-refractivity contribution in [2.24, 2.45) is 32.5 Å². The van der Waals surface area contributed by atoms with Crippen LogP contribution in [0.2, 0.25) is 0 Å². The number of fused-ring (bicyclic) bond motifs is 4. The summed E-state index contributed by atoms with van der Waals surface area (Å²) >= 11 is 0. The molecular weight excluding hydrogens is 989 g/mol. The van der Waals surface area contributed by atoms with Gasteiger partial charge in [0, 0.05) is 18.2 Å². The lowest BCUT2D eigenvalue weighted by atomic mass is 9.65. The van der Waals surface area contributed by atoms with E-state index in [0.717, 1.165) is 54.2 Å². The lowest BCUT2D eigenvalue weighted by Crippen LogP contribution is -2.44. The van der Waals surface area contributed by atoms with Crippen molar-refractivity contribution in [1.29, 1.82) is 0 Å². The molecule has 0 spiro atoms. The fourth-order valence-electron chi connectivity index (χ4n) is 10.4. The molecule has 0 fully saturated rings. The lowest BCUT2D eigenvalue weighted by molar-refractivity contribution is -0.174. The molecule has 0 saturated heterocycles. The zero-order chi connectivity index (χ0) is 58.3. The van der Waals surface area contributed by atoms with Gasteiger partial charge in [0.2, 0.25) is 0 Å². The number of carbonyl (C=O) groups is 5. The molecule has 2 N–H and O–H groups in total. The van der Waals surface area contributed by atoms with Gasteiger partial charge in [0.05, 0.1) is 40.3 Å². The summed E-state index contributed by atoms with van der Waals surface area (Å²) in [5.74, 6) is -2.51. The summed E-state index contributed by atoms with van der Waals surface area (Å²) < 4.78 is 31.7. The van der Waals surface area contributed by atoms with Crippen LogP contribution in [0.1, 0.15) is 140 Å². The van der Waals surface area contributed by atoms with Crippen LogP contribution in [0.4, 0.5) is 0 Å². The zero-order valence-corrected chi connectivity index (χ0v) is 48.9. The number of methoxy groups -OCH3 is 2. The Morgan fingerprint density at radius 2 is 0.756 bits per heavy atom. The molecule has 0 heterocycles. The minimum absolute atomic E-state index is 0.0422. The van der Waals surface area contributed by atoms with Gasteiger partial charge in [0.25, 0.3) is 0 Å². The highest BCUT2D eigenvalue weighted by Gasteiger charge is 2.50. The average Bonchev–Trinajstić information content (AvgIpc) is 3.42. The largest absolute Gasteiger partial charge is 0.469 e. The molecule has 4 atom stereocenters. The Morgan fingerprint density at radius 3 is 1.05 bits per heavy atom. The number of carbonyl (C=O) groups excluding carboxylic acids is 5. The van der Waals surface area contributed by atoms with Gasteiger partial charge in [-0.15, -0.1) is 0 Å². The summed E-state index contributed by atoms with van der Waals surface area (Å²) in [4.78, 5) is 64.5. The third-order valence-corrected chi connectivity index (χ3v) is 16.0. The molecule has 13 heteroatoms. The lowest BCUT2D eigenvalue weighted by Gasteiger charge is -2.39. The second kappa shape index (κ2) is 27.5. The predicted octanol–water partition coefficient (Wildman–Crippen LogP) is 13.8. The normalized spacial score (nSPS) is 14.5. The Bertz CT molecular complexity index is 2900. The molecule has 6 aromatic carbocycles. The van der Waals surface area contributed by atoms with Crippen LogP contribution < -0.4 is 0 Å². The summed E-state index contributed by atoms with van der Waals surface area (Å²) in [6, 6.07) is 36.3. The molecule has 0 aliphatic heterocycles. The van der Waals surface area contributed by atoms with Crippen LogP contribution in [0.5, 0.6) is 0 Å². The van der Waals surface area contributed by atoms with Crippen LogP contribution in [0.15, 0.2) is 109 Å². The van der Waals surface area contributed by atoms with Crippen molar-refractivity contribution < 1.29 is 62.6 Å². The third kappa shape index (κ3) is 15.7. The molecule has 0 aromatic heterocycles. The molecule has 0 saturated carbocycles. The number of esters is 5. The second-order valence-electron chi connectivity index (χ2n) is 23.3. The molecule has 78 heavy (non-hydrogen) atoms. The zero-order valence-electron chi connectivity index (χ0n) is 48.9. The number of aliphatic hydroxyl groups is 2. The number of ether oxygens (including phenoxy) is 6. The Balaban J connectivity index is 0.000000295. The van der Waals surface area contributed by atoms with Crippen molar-refractivity contribution in [2.75, 3.05) is 27.8 Å². The maximum Gasteiger partial charge on any atom is 0.313 e. The maximum absolute atomic E-state index is 13.5. The Morgan fingerprint density at radius 1 is 0.436 bits per heavy atom. The van der Waals surface area contributed by atoms with E-state index in [1.807, 2.05) is 98.8 Å². The van der Waals surface area contributed by atoms with Crippen LogP contribution in [0.3, 0.4) is 0 Å². The van der Waals surface area contributed by atoms with E-state index in [2.05, 4.69) is 52.0 Å². The van der Waals surface area contributed by atoms with Gasteiger partial charge < -0.3 is 38.6 Å². The first-order valence-corrected chi connectivity index (χ1v) is 27.0. The molecule has 0 radical (unpaired) electrons. The fourth-order valence-corrected chi connectivity index (χ4v) is 10.4. The number of hydrogen-bond acceptors (Lipinski definition) is 13. The molecule has 0 aliphatic rings. The summed E-state index contributed by atoms with van der Waals surface area (Å²) in [6.07, 6.45) is 2.80. The molecule has 0 amide bonds. The van der Waals surface area contributed by atoms with Crippen LogP contribution in [0.25, 0.3) is 43.1 Å². The van der Waals surface area contributed by atoms with E-state index in [-0.39, 0.29) is 38.4 Å². The predicted molar refractivity (Wildman–Crippen MR) is 308 cm³/mol. The maximum atomic E-state index is 13.5. The van der Waals surface area contributed by atoms with E-state index in [0.29, 0.717) is 24.4 Å². The molecule has 0 bridgehead atoms. The van der Waals surface area contributed by atoms with Gasteiger partial charge in [-0.1, -0.05) is 132 Å². The molecule has 6 rings (SSSR count). The van der Waals surface area contributed by atoms with Gasteiger partial charge in [-0.05, 0) is 155 Å². The molecule has 6 aromatic rings. The number of hydrogen-bond donors (Lipinski definition) is 2. The summed E-state index contributed by atoms with van der Waals surface area (Å²) in [6.45, 7) is 23.3. The molecule has 4 unspecified atom stereocenters.